The van der Waals surface area contributed by atoms with Crippen LogP contribution in [0.5, 0.6) is 0 Å². The molecule has 3 atom stereocenters. The van der Waals surface area contributed by atoms with E-state index < -0.39 is 40.4 Å². The Hall–Kier alpha value is -3.50. The standard InChI is InChI=1S/C16H13N3O7/c1-24-14(20)11-12(15(21)25-2)16(7-17,8-18)26-13(11)9-3-5-10(6-4-9)19(22)23/h3-6,11-13H,1-2H3/t11-,12+,13-/m1/s1. The van der Waals surface area contributed by atoms with Gasteiger partial charge < -0.3 is 14.2 Å². The lowest BCUT2D eigenvalue weighted by molar-refractivity contribution is -0.384. The summed E-state index contributed by atoms with van der Waals surface area (Å²) in [7, 11) is 2.14. The van der Waals surface area contributed by atoms with Crippen LogP contribution < -0.4 is 0 Å². The minimum atomic E-state index is -2.27. The quantitative estimate of drug-likeness (QED) is 0.435. The predicted molar refractivity (Wildman–Crippen MR) is 81.9 cm³/mol. The Kier molecular flexibility index (Phi) is 5.19. The van der Waals surface area contributed by atoms with E-state index in [1.54, 1.807) is 12.1 Å². The van der Waals surface area contributed by atoms with E-state index in [9.17, 15) is 30.2 Å². The number of rotatable bonds is 4. The van der Waals surface area contributed by atoms with Gasteiger partial charge in [-0.2, -0.15) is 10.5 Å². The Morgan fingerprint density at radius 2 is 1.69 bits per heavy atom. The predicted octanol–water partition coefficient (Wildman–Crippen LogP) is 1.03. The van der Waals surface area contributed by atoms with Gasteiger partial charge in [-0.25, -0.2) is 0 Å². The number of carbonyl (C=O) groups is 2. The monoisotopic (exact) mass is 359 g/mol. The lowest BCUT2D eigenvalue weighted by Gasteiger charge is -2.20. The number of carbonyl (C=O) groups excluding carboxylic acids is 2. The molecule has 10 heteroatoms. The maximum atomic E-state index is 12.3. The third-order valence-electron chi connectivity index (χ3n) is 4.13. The van der Waals surface area contributed by atoms with E-state index in [0.29, 0.717) is 0 Å². The van der Waals surface area contributed by atoms with Crippen LogP contribution in [0, 0.1) is 44.6 Å². The number of hydrogen-bond donors (Lipinski definition) is 0. The van der Waals surface area contributed by atoms with Gasteiger partial charge in [0.2, 0.25) is 0 Å². The maximum absolute atomic E-state index is 12.3. The van der Waals surface area contributed by atoms with Gasteiger partial charge in [0, 0.05) is 12.1 Å². The average molecular weight is 359 g/mol. The molecule has 0 radical (unpaired) electrons. The third-order valence-corrected chi connectivity index (χ3v) is 4.13. The second-order valence-corrected chi connectivity index (χ2v) is 5.40. The molecule has 1 aliphatic heterocycles. The normalized spacial score (nSPS) is 23.3. The number of hydrogen-bond acceptors (Lipinski definition) is 9. The van der Waals surface area contributed by atoms with Crippen LogP contribution in [0.2, 0.25) is 0 Å². The van der Waals surface area contributed by atoms with Crippen LogP contribution in [0.3, 0.4) is 0 Å². The van der Waals surface area contributed by atoms with E-state index in [4.69, 9.17) is 9.47 Å². The number of methoxy groups -OCH3 is 2. The molecule has 1 heterocycles. The van der Waals surface area contributed by atoms with Crippen molar-refractivity contribution in [2.75, 3.05) is 14.2 Å². The van der Waals surface area contributed by atoms with Crippen molar-refractivity contribution in [3.8, 4) is 12.1 Å². The summed E-state index contributed by atoms with van der Waals surface area (Å²) < 4.78 is 14.8. The van der Waals surface area contributed by atoms with Crippen molar-refractivity contribution in [1.82, 2.24) is 0 Å². The SMILES string of the molecule is COC(=O)[C@H]1[C@@H](c2ccc([N+](=O)[O-])cc2)OC(C#N)(C#N)[C@@H]1C(=O)OC. The molecule has 0 saturated carbocycles. The summed E-state index contributed by atoms with van der Waals surface area (Å²) >= 11 is 0. The van der Waals surface area contributed by atoms with Crippen LogP contribution in [0.25, 0.3) is 0 Å². The molecule has 0 aromatic heterocycles. The van der Waals surface area contributed by atoms with E-state index in [-0.39, 0.29) is 11.3 Å². The molecule has 26 heavy (non-hydrogen) atoms. The highest BCUT2D eigenvalue weighted by Crippen LogP contribution is 2.49. The summed E-state index contributed by atoms with van der Waals surface area (Å²) in [5.74, 6) is -4.74. The van der Waals surface area contributed by atoms with Gasteiger partial charge in [0.15, 0.2) is 0 Å². The van der Waals surface area contributed by atoms with Crippen LogP contribution in [-0.2, 0) is 23.8 Å². The highest BCUT2D eigenvalue weighted by molar-refractivity contribution is 5.85. The Morgan fingerprint density at radius 1 is 1.15 bits per heavy atom. The molecule has 1 fully saturated rings. The van der Waals surface area contributed by atoms with Crippen molar-refractivity contribution < 1.29 is 28.7 Å². The highest BCUT2D eigenvalue weighted by Gasteiger charge is 2.63. The number of esters is 2. The lowest BCUT2D eigenvalue weighted by atomic mass is 9.79. The number of nitro benzene ring substituents is 1. The molecule has 2 rings (SSSR count). The smallest absolute Gasteiger partial charge is 0.314 e. The van der Waals surface area contributed by atoms with Crippen molar-refractivity contribution in [3.05, 3.63) is 39.9 Å². The number of benzene rings is 1. The summed E-state index contributed by atoms with van der Waals surface area (Å²) in [6.07, 6.45) is -1.20. The molecule has 0 spiro atoms. The van der Waals surface area contributed by atoms with Gasteiger partial charge in [0.1, 0.15) is 30.1 Å². The molecule has 0 unspecified atom stereocenters. The molecule has 134 valence electrons. The van der Waals surface area contributed by atoms with Gasteiger partial charge >= 0.3 is 11.9 Å². The largest absolute Gasteiger partial charge is 0.469 e. The first-order chi connectivity index (χ1) is 12.3. The summed E-state index contributed by atoms with van der Waals surface area (Å²) in [4.78, 5) is 34.7. The zero-order chi connectivity index (χ0) is 19.5. The van der Waals surface area contributed by atoms with Gasteiger partial charge in [-0.15, -0.1) is 0 Å². The van der Waals surface area contributed by atoms with Crippen LogP contribution in [0.1, 0.15) is 11.7 Å². The van der Waals surface area contributed by atoms with Crippen molar-refractivity contribution in [3.63, 3.8) is 0 Å². The molecule has 0 amide bonds. The number of nitriles is 2. The van der Waals surface area contributed by atoms with Crippen molar-refractivity contribution in [1.29, 1.82) is 10.5 Å². The van der Waals surface area contributed by atoms with Crippen molar-refractivity contribution in [2.45, 2.75) is 11.7 Å². The van der Waals surface area contributed by atoms with E-state index in [0.717, 1.165) is 14.2 Å². The van der Waals surface area contributed by atoms with E-state index in [1.165, 1.54) is 24.3 Å². The fraction of sp³-hybridized carbons (Fsp3) is 0.375. The summed E-state index contributed by atoms with van der Waals surface area (Å²) in [6.45, 7) is 0. The summed E-state index contributed by atoms with van der Waals surface area (Å²) in [5.41, 5.74) is -2.19. The van der Waals surface area contributed by atoms with Crippen LogP contribution >= 0.6 is 0 Å². The Morgan fingerprint density at radius 3 is 2.12 bits per heavy atom. The zero-order valence-corrected chi connectivity index (χ0v) is 13.7. The molecule has 1 saturated heterocycles. The number of nitrogens with zero attached hydrogens (tertiary/aromatic N) is 3. The second-order valence-electron chi connectivity index (χ2n) is 5.40. The molecule has 0 N–H and O–H groups in total. The number of non-ortho nitro benzene ring substituents is 1. The third kappa shape index (κ3) is 2.94. The van der Waals surface area contributed by atoms with Gasteiger partial charge in [-0.1, -0.05) is 0 Å². The highest BCUT2D eigenvalue weighted by atomic mass is 16.6. The molecule has 0 bridgehead atoms. The Labute approximate surface area is 147 Å². The minimum Gasteiger partial charge on any atom is -0.469 e. The minimum absolute atomic E-state index is 0.197. The molecule has 1 aromatic carbocycles. The first-order valence-electron chi connectivity index (χ1n) is 7.25. The summed E-state index contributed by atoms with van der Waals surface area (Å²) in [5, 5.41) is 29.7. The summed E-state index contributed by atoms with van der Waals surface area (Å²) in [6, 6.07) is 8.25. The molecule has 1 aromatic rings. The molecule has 10 nitrogen and oxygen atoms in total. The van der Waals surface area contributed by atoms with Crippen molar-refractivity contribution in [2.24, 2.45) is 11.8 Å². The fourth-order valence-electron chi connectivity index (χ4n) is 2.89. The van der Waals surface area contributed by atoms with E-state index in [2.05, 4.69) is 4.74 Å². The zero-order valence-electron chi connectivity index (χ0n) is 13.7. The average Bonchev–Trinajstić information content (AvgIpc) is 3.02. The second kappa shape index (κ2) is 7.17. The van der Waals surface area contributed by atoms with Crippen LogP contribution in [0.15, 0.2) is 24.3 Å². The number of ether oxygens (including phenoxy) is 3. The maximum Gasteiger partial charge on any atom is 0.314 e. The van der Waals surface area contributed by atoms with Gasteiger partial charge in [0.05, 0.1) is 19.1 Å². The number of nitro groups is 1. The van der Waals surface area contributed by atoms with Gasteiger partial charge in [0.25, 0.3) is 11.3 Å². The van der Waals surface area contributed by atoms with Crippen LogP contribution in [-0.4, -0.2) is 36.7 Å². The topological polar surface area (TPSA) is 153 Å². The molecule has 0 aliphatic carbocycles. The lowest BCUT2D eigenvalue weighted by Crippen LogP contribution is -2.42. The molecule has 1 aliphatic rings. The first kappa shape index (κ1) is 18.8. The molecular formula is C16H13N3O7. The fourth-order valence-corrected chi connectivity index (χ4v) is 2.89. The van der Waals surface area contributed by atoms with Gasteiger partial charge in [-0.3, -0.25) is 19.7 Å². The van der Waals surface area contributed by atoms with E-state index >= 15 is 0 Å². The van der Waals surface area contributed by atoms with Crippen molar-refractivity contribution >= 4 is 17.6 Å². The van der Waals surface area contributed by atoms with Crippen LogP contribution in [0.4, 0.5) is 5.69 Å². The van der Waals surface area contributed by atoms with Gasteiger partial charge in [-0.05, 0) is 17.7 Å². The first-order valence-corrected chi connectivity index (χ1v) is 7.25. The van der Waals surface area contributed by atoms with E-state index in [1.807, 2.05) is 0 Å². The Bertz CT molecular complexity index is 808. The molecular weight excluding hydrogens is 346 g/mol. The Balaban J connectivity index is 2.59.